The molecule has 0 aliphatic carbocycles. The van der Waals surface area contributed by atoms with Gasteiger partial charge in [0.05, 0.1) is 6.61 Å². The highest BCUT2D eigenvalue weighted by Gasteiger charge is 2.06. The first kappa shape index (κ1) is 14.9. The van der Waals surface area contributed by atoms with E-state index in [9.17, 15) is 0 Å². The molecule has 2 aromatic carbocycles. The highest BCUT2D eigenvalue weighted by Crippen LogP contribution is 2.25. The van der Waals surface area contributed by atoms with Crippen LogP contribution in [-0.4, -0.2) is 20.2 Å². The molecule has 0 unspecified atom stereocenters. The average molecular weight is 290 g/mol. The molecule has 0 saturated carbocycles. The highest BCUT2D eigenvalue weighted by molar-refractivity contribution is 6.30. The summed E-state index contributed by atoms with van der Waals surface area (Å²) in [6, 6.07) is 16.2. The molecule has 0 atom stereocenters. The normalized spacial score (nSPS) is 10.5. The van der Waals surface area contributed by atoms with E-state index in [1.54, 1.807) is 0 Å². The minimum Gasteiger partial charge on any atom is -0.493 e. The third-order valence-corrected chi connectivity index (χ3v) is 3.32. The van der Waals surface area contributed by atoms with Gasteiger partial charge in [-0.15, -0.1) is 0 Å². The second-order valence-electron chi connectivity index (χ2n) is 4.72. The zero-order valence-electron chi connectivity index (χ0n) is 11.7. The van der Waals surface area contributed by atoms with Crippen molar-refractivity contribution in [3.05, 3.63) is 64.7 Å². The lowest BCUT2D eigenvalue weighted by molar-refractivity contribution is 0.307. The Morgan fingerprint density at radius 3 is 2.65 bits per heavy atom. The topological polar surface area (TPSA) is 21.3 Å². The van der Waals surface area contributed by atoms with Crippen molar-refractivity contribution in [2.75, 3.05) is 20.2 Å². The molecular weight excluding hydrogens is 270 g/mol. The molecule has 1 N–H and O–H groups in total. The molecule has 0 saturated heterocycles. The maximum atomic E-state index is 6.10. The van der Waals surface area contributed by atoms with Crippen LogP contribution in [0, 0.1) is 0 Å². The van der Waals surface area contributed by atoms with Crippen LogP contribution in [0.5, 0.6) is 5.75 Å². The first-order chi connectivity index (χ1) is 9.79. The third-order valence-electron chi connectivity index (χ3n) is 3.09. The number of nitrogens with one attached hydrogen (secondary N) is 1. The third kappa shape index (κ3) is 4.55. The number of hydrogen-bond donors (Lipinski definition) is 1. The summed E-state index contributed by atoms with van der Waals surface area (Å²) in [4.78, 5) is 0. The van der Waals surface area contributed by atoms with Crippen LogP contribution in [0.15, 0.2) is 48.5 Å². The fourth-order valence-electron chi connectivity index (χ4n) is 2.07. The fraction of sp³-hybridized carbons (Fsp3) is 0.294. The molecule has 20 heavy (non-hydrogen) atoms. The van der Waals surface area contributed by atoms with E-state index in [0.717, 1.165) is 35.7 Å². The van der Waals surface area contributed by atoms with E-state index in [4.69, 9.17) is 16.3 Å². The van der Waals surface area contributed by atoms with Gasteiger partial charge in [-0.25, -0.2) is 0 Å². The predicted octanol–water partition coefficient (Wildman–Crippen LogP) is 3.92. The van der Waals surface area contributed by atoms with Crippen LogP contribution in [0.25, 0.3) is 0 Å². The van der Waals surface area contributed by atoms with E-state index in [2.05, 4.69) is 17.4 Å². The van der Waals surface area contributed by atoms with Crippen molar-refractivity contribution >= 4 is 11.6 Å². The standard InChI is InChI=1S/C17H20ClNO/c1-19-10-5-11-20-17-9-8-16(18)13-15(17)12-14-6-3-2-4-7-14/h2-4,6-9,13,19H,5,10-12H2,1H3. The number of rotatable bonds is 7. The molecule has 0 amide bonds. The average Bonchev–Trinajstić information content (AvgIpc) is 2.47. The van der Waals surface area contributed by atoms with Crippen molar-refractivity contribution in [2.45, 2.75) is 12.8 Å². The van der Waals surface area contributed by atoms with Gasteiger partial charge in [0.1, 0.15) is 5.75 Å². The van der Waals surface area contributed by atoms with Crippen molar-refractivity contribution in [2.24, 2.45) is 0 Å². The van der Waals surface area contributed by atoms with Crippen LogP contribution in [0.1, 0.15) is 17.5 Å². The molecule has 0 heterocycles. The molecule has 3 heteroatoms. The molecule has 0 fully saturated rings. The van der Waals surface area contributed by atoms with Crippen molar-refractivity contribution in [3.63, 3.8) is 0 Å². The largest absolute Gasteiger partial charge is 0.493 e. The summed E-state index contributed by atoms with van der Waals surface area (Å²) in [5, 5.41) is 3.87. The molecule has 2 aromatic rings. The van der Waals surface area contributed by atoms with Gasteiger partial charge in [0.25, 0.3) is 0 Å². The predicted molar refractivity (Wildman–Crippen MR) is 84.7 cm³/mol. The van der Waals surface area contributed by atoms with E-state index in [0.29, 0.717) is 6.61 Å². The molecule has 0 spiro atoms. The quantitative estimate of drug-likeness (QED) is 0.780. The Hall–Kier alpha value is -1.51. The Balaban J connectivity index is 2.07. The van der Waals surface area contributed by atoms with Gasteiger partial charge in [-0.3, -0.25) is 0 Å². The van der Waals surface area contributed by atoms with Crippen molar-refractivity contribution in [1.82, 2.24) is 5.32 Å². The number of hydrogen-bond acceptors (Lipinski definition) is 2. The zero-order valence-corrected chi connectivity index (χ0v) is 12.5. The summed E-state index contributed by atoms with van der Waals surface area (Å²) in [6.45, 7) is 1.67. The Bertz CT molecular complexity index is 528. The van der Waals surface area contributed by atoms with E-state index in [-0.39, 0.29) is 0 Å². The SMILES string of the molecule is CNCCCOc1ccc(Cl)cc1Cc1ccccc1. The maximum Gasteiger partial charge on any atom is 0.122 e. The van der Waals surface area contributed by atoms with Gasteiger partial charge in [0.2, 0.25) is 0 Å². The van der Waals surface area contributed by atoms with Crippen LogP contribution in [0.4, 0.5) is 0 Å². The molecule has 0 aliphatic rings. The van der Waals surface area contributed by atoms with Crippen LogP contribution < -0.4 is 10.1 Å². The van der Waals surface area contributed by atoms with Gasteiger partial charge in [-0.05, 0) is 49.3 Å². The number of halogens is 1. The summed E-state index contributed by atoms with van der Waals surface area (Å²) in [7, 11) is 1.95. The molecule has 2 nitrogen and oxygen atoms in total. The van der Waals surface area contributed by atoms with Crippen LogP contribution in [-0.2, 0) is 6.42 Å². The van der Waals surface area contributed by atoms with Gasteiger partial charge in [0, 0.05) is 11.4 Å². The maximum absolute atomic E-state index is 6.10. The molecule has 2 rings (SSSR count). The molecular formula is C17H20ClNO. The lowest BCUT2D eigenvalue weighted by Gasteiger charge is -2.12. The molecule has 0 aliphatic heterocycles. The molecule has 0 radical (unpaired) electrons. The van der Waals surface area contributed by atoms with E-state index >= 15 is 0 Å². The van der Waals surface area contributed by atoms with Crippen molar-refractivity contribution in [3.8, 4) is 5.75 Å². The Kier molecular flexibility index (Phi) is 5.90. The van der Waals surface area contributed by atoms with E-state index in [1.165, 1.54) is 5.56 Å². The minimum absolute atomic E-state index is 0.713. The second kappa shape index (κ2) is 7.93. The summed E-state index contributed by atoms with van der Waals surface area (Å²) in [5.74, 6) is 0.925. The summed E-state index contributed by atoms with van der Waals surface area (Å²) < 4.78 is 5.87. The van der Waals surface area contributed by atoms with Gasteiger partial charge in [0.15, 0.2) is 0 Å². The Morgan fingerprint density at radius 2 is 1.90 bits per heavy atom. The lowest BCUT2D eigenvalue weighted by atomic mass is 10.0. The monoisotopic (exact) mass is 289 g/mol. The second-order valence-corrected chi connectivity index (χ2v) is 5.16. The van der Waals surface area contributed by atoms with Crippen LogP contribution in [0.2, 0.25) is 5.02 Å². The molecule has 106 valence electrons. The number of benzene rings is 2. The summed E-state index contributed by atoms with van der Waals surface area (Å²) in [6.07, 6.45) is 1.83. The van der Waals surface area contributed by atoms with Crippen LogP contribution in [0.3, 0.4) is 0 Å². The van der Waals surface area contributed by atoms with Gasteiger partial charge >= 0.3 is 0 Å². The molecule has 0 aromatic heterocycles. The minimum atomic E-state index is 0.713. The van der Waals surface area contributed by atoms with Gasteiger partial charge in [-0.1, -0.05) is 41.9 Å². The zero-order chi connectivity index (χ0) is 14.2. The Morgan fingerprint density at radius 1 is 1.10 bits per heavy atom. The van der Waals surface area contributed by atoms with Gasteiger partial charge < -0.3 is 10.1 Å². The molecule has 0 bridgehead atoms. The van der Waals surface area contributed by atoms with E-state index < -0.39 is 0 Å². The summed E-state index contributed by atoms with van der Waals surface area (Å²) in [5.41, 5.74) is 2.39. The van der Waals surface area contributed by atoms with Gasteiger partial charge in [-0.2, -0.15) is 0 Å². The van der Waals surface area contributed by atoms with Crippen molar-refractivity contribution < 1.29 is 4.74 Å². The summed E-state index contributed by atoms with van der Waals surface area (Å²) >= 11 is 6.10. The van der Waals surface area contributed by atoms with Crippen molar-refractivity contribution in [1.29, 1.82) is 0 Å². The van der Waals surface area contributed by atoms with Crippen LogP contribution >= 0.6 is 11.6 Å². The first-order valence-electron chi connectivity index (χ1n) is 6.89. The first-order valence-corrected chi connectivity index (χ1v) is 7.27. The highest BCUT2D eigenvalue weighted by atomic mass is 35.5. The Labute approximate surface area is 125 Å². The van der Waals surface area contributed by atoms with E-state index in [1.807, 2.05) is 43.4 Å². The smallest absolute Gasteiger partial charge is 0.122 e. The number of ether oxygens (including phenoxy) is 1. The fourth-order valence-corrected chi connectivity index (χ4v) is 2.27. The lowest BCUT2D eigenvalue weighted by Crippen LogP contribution is -2.12.